The maximum Gasteiger partial charge on any atom is 0.407 e. The fraction of sp³-hybridized carbons (Fsp3) is 0.588. The third kappa shape index (κ3) is 4.91. The lowest BCUT2D eigenvalue weighted by Gasteiger charge is -2.19. The molecule has 0 radical (unpaired) electrons. The summed E-state index contributed by atoms with van der Waals surface area (Å²) < 4.78 is 5.18. The summed E-state index contributed by atoms with van der Waals surface area (Å²) >= 11 is 0. The number of hydrogen-bond acceptors (Lipinski definition) is 4. The van der Waals surface area contributed by atoms with E-state index in [2.05, 4.69) is 40.8 Å². The number of alkyl carbamates (subject to hydrolysis) is 1. The van der Waals surface area contributed by atoms with Crippen LogP contribution in [0.25, 0.3) is 0 Å². The molecule has 0 saturated carbocycles. The average molecular weight is 305 g/mol. The van der Waals surface area contributed by atoms with Gasteiger partial charge in [-0.3, -0.25) is 0 Å². The molecular formula is C17H27N3O2. The fourth-order valence-corrected chi connectivity index (χ4v) is 2.53. The van der Waals surface area contributed by atoms with E-state index < -0.39 is 5.60 Å². The maximum absolute atomic E-state index is 11.5. The van der Waals surface area contributed by atoms with Gasteiger partial charge in [-0.05, 0) is 44.4 Å². The van der Waals surface area contributed by atoms with Crippen LogP contribution in [0.1, 0.15) is 31.9 Å². The molecule has 1 heterocycles. The molecule has 0 atom stereocenters. The fourth-order valence-electron chi connectivity index (χ4n) is 2.53. The minimum atomic E-state index is -0.449. The van der Waals surface area contributed by atoms with Crippen molar-refractivity contribution in [1.82, 2.24) is 10.6 Å². The number of carbonyl (C=O) groups is 1. The van der Waals surface area contributed by atoms with Crippen LogP contribution in [0.3, 0.4) is 0 Å². The number of carbonyl (C=O) groups excluding carboxylic acids is 1. The van der Waals surface area contributed by atoms with Crippen LogP contribution in [0.5, 0.6) is 0 Å². The maximum atomic E-state index is 11.5. The number of nitrogens with zero attached hydrogens (tertiary/aromatic N) is 1. The molecule has 5 heteroatoms. The van der Waals surface area contributed by atoms with Crippen molar-refractivity contribution in [3.8, 4) is 0 Å². The standard InChI is InChI=1S/C17H27N3O2/c1-17(2,3)22-16(21)19-9-8-18-12-13-5-6-15-14(11-13)7-10-20(15)4/h5-6,11,18H,7-10,12H2,1-4H3,(H,19,21). The summed E-state index contributed by atoms with van der Waals surface area (Å²) in [4.78, 5) is 13.8. The number of anilines is 1. The lowest BCUT2D eigenvalue weighted by Crippen LogP contribution is -2.36. The molecule has 0 aromatic heterocycles. The van der Waals surface area contributed by atoms with Crippen molar-refractivity contribution in [2.24, 2.45) is 0 Å². The molecule has 122 valence electrons. The molecule has 1 amide bonds. The Kier molecular flexibility index (Phi) is 5.29. The Labute approximate surface area is 133 Å². The third-order valence-electron chi connectivity index (χ3n) is 3.57. The second kappa shape index (κ2) is 7.01. The molecule has 5 nitrogen and oxygen atoms in total. The van der Waals surface area contributed by atoms with E-state index >= 15 is 0 Å². The predicted octanol–water partition coefficient (Wildman–Crippen LogP) is 2.29. The van der Waals surface area contributed by atoms with Gasteiger partial charge in [0.25, 0.3) is 0 Å². The predicted molar refractivity (Wildman–Crippen MR) is 89.4 cm³/mol. The van der Waals surface area contributed by atoms with Crippen molar-refractivity contribution in [1.29, 1.82) is 0 Å². The van der Waals surface area contributed by atoms with E-state index in [-0.39, 0.29) is 6.09 Å². The minimum absolute atomic E-state index is 0.366. The number of nitrogens with one attached hydrogen (secondary N) is 2. The first-order valence-corrected chi connectivity index (χ1v) is 7.86. The van der Waals surface area contributed by atoms with Gasteiger partial charge in [0.1, 0.15) is 5.60 Å². The van der Waals surface area contributed by atoms with Crippen molar-refractivity contribution in [2.45, 2.75) is 39.3 Å². The highest BCUT2D eigenvalue weighted by Crippen LogP contribution is 2.27. The highest BCUT2D eigenvalue weighted by Gasteiger charge is 2.16. The van der Waals surface area contributed by atoms with Gasteiger partial charge < -0.3 is 20.3 Å². The zero-order chi connectivity index (χ0) is 16.2. The summed E-state index contributed by atoms with van der Waals surface area (Å²) in [5.41, 5.74) is 3.60. The van der Waals surface area contributed by atoms with Crippen molar-refractivity contribution in [2.75, 3.05) is 31.6 Å². The van der Waals surface area contributed by atoms with Crippen LogP contribution in [0, 0.1) is 0 Å². The highest BCUT2D eigenvalue weighted by molar-refractivity contribution is 5.67. The zero-order valence-corrected chi connectivity index (χ0v) is 14.0. The summed E-state index contributed by atoms with van der Waals surface area (Å²) in [5, 5.41) is 6.08. The molecule has 0 unspecified atom stereocenters. The second-order valence-electron chi connectivity index (χ2n) is 6.74. The second-order valence-corrected chi connectivity index (χ2v) is 6.74. The number of rotatable bonds is 5. The van der Waals surface area contributed by atoms with E-state index in [1.165, 1.54) is 16.8 Å². The van der Waals surface area contributed by atoms with Gasteiger partial charge >= 0.3 is 6.09 Å². The van der Waals surface area contributed by atoms with Crippen molar-refractivity contribution >= 4 is 11.8 Å². The molecular weight excluding hydrogens is 278 g/mol. The molecule has 0 fully saturated rings. The number of ether oxygens (including phenoxy) is 1. The molecule has 1 aliphatic heterocycles. The van der Waals surface area contributed by atoms with Gasteiger partial charge in [-0.2, -0.15) is 0 Å². The van der Waals surface area contributed by atoms with Crippen LogP contribution in [-0.4, -0.2) is 38.4 Å². The van der Waals surface area contributed by atoms with E-state index in [0.717, 1.165) is 26.1 Å². The Bertz CT molecular complexity index is 523. The number of amides is 1. The van der Waals surface area contributed by atoms with E-state index in [0.29, 0.717) is 6.54 Å². The highest BCUT2D eigenvalue weighted by atomic mass is 16.6. The van der Waals surface area contributed by atoms with Crippen molar-refractivity contribution in [3.05, 3.63) is 29.3 Å². The smallest absolute Gasteiger partial charge is 0.407 e. The molecule has 2 rings (SSSR count). The topological polar surface area (TPSA) is 53.6 Å². The Balaban J connectivity index is 1.66. The quantitative estimate of drug-likeness (QED) is 0.820. The van der Waals surface area contributed by atoms with E-state index in [1.54, 1.807) is 0 Å². The number of likely N-dealkylation sites (N-methyl/N-ethyl adjacent to an activating group) is 1. The summed E-state index contributed by atoms with van der Waals surface area (Å²) in [6, 6.07) is 6.63. The molecule has 0 aliphatic carbocycles. The third-order valence-corrected chi connectivity index (χ3v) is 3.57. The monoisotopic (exact) mass is 305 g/mol. The largest absolute Gasteiger partial charge is 0.444 e. The first kappa shape index (κ1) is 16.6. The SMILES string of the molecule is CN1CCc2cc(CNCCNC(=O)OC(C)(C)C)ccc21. The first-order chi connectivity index (χ1) is 10.3. The summed E-state index contributed by atoms with van der Waals surface area (Å²) in [5.74, 6) is 0. The van der Waals surface area contributed by atoms with Gasteiger partial charge in [-0.15, -0.1) is 0 Å². The van der Waals surface area contributed by atoms with Gasteiger partial charge in [0, 0.05) is 38.9 Å². The Morgan fingerprint density at radius 3 is 2.82 bits per heavy atom. The van der Waals surface area contributed by atoms with Crippen LogP contribution in [0.4, 0.5) is 10.5 Å². The zero-order valence-electron chi connectivity index (χ0n) is 14.0. The van der Waals surface area contributed by atoms with Gasteiger partial charge in [-0.1, -0.05) is 12.1 Å². The van der Waals surface area contributed by atoms with Crippen LogP contribution in [-0.2, 0) is 17.7 Å². The van der Waals surface area contributed by atoms with Crippen LogP contribution in [0.2, 0.25) is 0 Å². The molecule has 1 aromatic rings. The van der Waals surface area contributed by atoms with Crippen LogP contribution in [0.15, 0.2) is 18.2 Å². The lowest BCUT2D eigenvalue weighted by atomic mass is 10.1. The van der Waals surface area contributed by atoms with Gasteiger partial charge in [0.15, 0.2) is 0 Å². The van der Waals surface area contributed by atoms with Gasteiger partial charge in [-0.25, -0.2) is 4.79 Å². The molecule has 0 spiro atoms. The van der Waals surface area contributed by atoms with Crippen LogP contribution >= 0.6 is 0 Å². The molecule has 22 heavy (non-hydrogen) atoms. The van der Waals surface area contributed by atoms with E-state index in [4.69, 9.17) is 4.74 Å². The van der Waals surface area contributed by atoms with Crippen LogP contribution < -0.4 is 15.5 Å². The van der Waals surface area contributed by atoms with Gasteiger partial charge in [0.05, 0.1) is 0 Å². The Morgan fingerprint density at radius 1 is 1.32 bits per heavy atom. The molecule has 2 N–H and O–H groups in total. The average Bonchev–Trinajstić information content (AvgIpc) is 2.77. The lowest BCUT2D eigenvalue weighted by molar-refractivity contribution is 0.0528. The summed E-state index contributed by atoms with van der Waals surface area (Å²) in [7, 11) is 2.13. The molecule has 0 bridgehead atoms. The van der Waals surface area contributed by atoms with E-state index in [1.807, 2.05) is 20.8 Å². The Hall–Kier alpha value is -1.75. The van der Waals surface area contributed by atoms with Crippen molar-refractivity contribution in [3.63, 3.8) is 0 Å². The summed E-state index contributed by atoms with van der Waals surface area (Å²) in [6.45, 7) is 8.76. The molecule has 0 saturated heterocycles. The number of hydrogen-bond donors (Lipinski definition) is 2. The number of benzene rings is 1. The minimum Gasteiger partial charge on any atom is -0.444 e. The first-order valence-electron chi connectivity index (χ1n) is 7.86. The summed E-state index contributed by atoms with van der Waals surface area (Å²) in [6.07, 6.45) is 0.759. The molecule has 1 aliphatic rings. The number of fused-ring (bicyclic) bond motifs is 1. The Morgan fingerprint density at radius 2 is 2.09 bits per heavy atom. The van der Waals surface area contributed by atoms with Gasteiger partial charge in [0.2, 0.25) is 0 Å². The molecule has 1 aromatic carbocycles. The van der Waals surface area contributed by atoms with E-state index in [9.17, 15) is 4.79 Å². The normalized spacial score (nSPS) is 13.9. The van der Waals surface area contributed by atoms with Crippen molar-refractivity contribution < 1.29 is 9.53 Å².